The molecular weight excluding hydrogens is 426 g/mol. The summed E-state index contributed by atoms with van der Waals surface area (Å²) in [4.78, 5) is 22.1. The molecule has 0 N–H and O–H groups in total. The van der Waals surface area contributed by atoms with Gasteiger partial charge in [0.05, 0.1) is 26.2 Å². The molecule has 1 saturated heterocycles. The molecule has 2 aliphatic heterocycles. The predicted octanol–water partition coefficient (Wildman–Crippen LogP) is 3.50. The standard InChI is InChI=1S/C24H27N3O4S/c1-29-19-13-18(14-20(30-2)22(19)31-3)15-21-23(28)25-24(32-21)27-11-9-26(10-12-27)16-17-7-5-4-6-8-17/h4-8,13-15H,9-12,16H2,1-3H3/b21-15+. The molecule has 32 heavy (non-hydrogen) atoms. The largest absolute Gasteiger partial charge is 0.493 e. The average Bonchev–Trinajstić information content (AvgIpc) is 3.19. The quantitative estimate of drug-likeness (QED) is 0.621. The summed E-state index contributed by atoms with van der Waals surface area (Å²) in [5.41, 5.74) is 2.11. The lowest BCUT2D eigenvalue weighted by Crippen LogP contribution is -2.47. The molecule has 1 amide bonds. The zero-order valence-electron chi connectivity index (χ0n) is 18.5. The van der Waals surface area contributed by atoms with Crippen molar-refractivity contribution in [2.75, 3.05) is 47.5 Å². The van der Waals surface area contributed by atoms with E-state index in [-0.39, 0.29) is 5.91 Å². The molecule has 0 aromatic heterocycles. The fourth-order valence-corrected chi connectivity index (χ4v) is 4.77. The Morgan fingerprint density at radius 3 is 2.22 bits per heavy atom. The molecule has 7 nitrogen and oxygen atoms in total. The van der Waals surface area contributed by atoms with E-state index in [4.69, 9.17) is 14.2 Å². The minimum Gasteiger partial charge on any atom is -0.493 e. The molecule has 2 aromatic carbocycles. The van der Waals surface area contributed by atoms with Gasteiger partial charge in [0.25, 0.3) is 5.91 Å². The summed E-state index contributed by atoms with van der Waals surface area (Å²) >= 11 is 1.42. The molecule has 2 aromatic rings. The van der Waals surface area contributed by atoms with Crippen molar-refractivity contribution in [1.82, 2.24) is 9.80 Å². The van der Waals surface area contributed by atoms with Crippen LogP contribution in [0.4, 0.5) is 0 Å². The molecule has 0 spiro atoms. The third-order valence-electron chi connectivity index (χ3n) is 5.49. The fraction of sp³-hybridized carbons (Fsp3) is 0.333. The zero-order valence-corrected chi connectivity index (χ0v) is 19.4. The van der Waals surface area contributed by atoms with Gasteiger partial charge < -0.3 is 19.1 Å². The van der Waals surface area contributed by atoms with Crippen molar-refractivity contribution in [1.29, 1.82) is 0 Å². The Labute approximate surface area is 192 Å². The molecule has 8 heteroatoms. The van der Waals surface area contributed by atoms with E-state index in [1.54, 1.807) is 21.3 Å². The van der Waals surface area contributed by atoms with E-state index in [9.17, 15) is 4.79 Å². The number of amidine groups is 1. The lowest BCUT2D eigenvalue weighted by molar-refractivity contribution is -0.113. The van der Waals surface area contributed by atoms with Gasteiger partial charge in [-0.1, -0.05) is 30.3 Å². The van der Waals surface area contributed by atoms with Gasteiger partial charge in [0, 0.05) is 32.7 Å². The molecule has 0 unspecified atom stereocenters. The van der Waals surface area contributed by atoms with Gasteiger partial charge in [-0.15, -0.1) is 0 Å². The maximum absolute atomic E-state index is 12.6. The van der Waals surface area contributed by atoms with Crippen LogP contribution in [0.25, 0.3) is 6.08 Å². The topological polar surface area (TPSA) is 63.6 Å². The van der Waals surface area contributed by atoms with Crippen LogP contribution in [0.3, 0.4) is 0 Å². The Morgan fingerprint density at radius 1 is 0.969 bits per heavy atom. The lowest BCUT2D eigenvalue weighted by Gasteiger charge is -2.35. The fourth-order valence-electron chi connectivity index (χ4n) is 3.81. The number of aliphatic imine (C=N–C) groups is 1. The Bertz CT molecular complexity index is 1010. The lowest BCUT2D eigenvalue weighted by atomic mass is 10.1. The average molecular weight is 454 g/mol. The summed E-state index contributed by atoms with van der Waals surface area (Å²) in [6.07, 6.45) is 1.82. The zero-order chi connectivity index (χ0) is 22.5. The van der Waals surface area contributed by atoms with Crippen molar-refractivity contribution in [2.45, 2.75) is 6.54 Å². The number of hydrogen-bond donors (Lipinski definition) is 0. The summed E-state index contributed by atoms with van der Waals surface area (Å²) in [6.45, 7) is 4.52. The van der Waals surface area contributed by atoms with Crippen molar-refractivity contribution < 1.29 is 19.0 Å². The number of thioether (sulfide) groups is 1. The van der Waals surface area contributed by atoms with E-state index < -0.39 is 0 Å². The third-order valence-corrected chi connectivity index (χ3v) is 6.53. The minimum absolute atomic E-state index is 0.217. The first-order valence-electron chi connectivity index (χ1n) is 10.4. The van der Waals surface area contributed by atoms with Gasteiger partial charge in [0.1, 0.15) is 0 Å². The summed E-state index contributed by atoms with van der Waals surface area (Å²) in [5, 5.41) is 0.771. The van der Waals surface area contributed by atoms with Crippen molar-refractivity contribution in [2.24, 2.45) is 4.99 Å². The molecule has 2 aliphatic rings. The molecule has 168 valence electrons. The first-order chi connectivity index (χ1) is 15.6. The van der Waals surface area contributed by atoms with E-state index in [2.05, 4.69) is 39.1 Å². The number of piperazine rings is 1. The van der Waals surface area contributed by atoms with Gasteiger partial charge in [0.2, 0.25) is 5.75 Å². The van der Waals surface area contributed by atoms with Gasteiger partial charge in [-0.3, -0.25) is 9.69 Å². The van der Waals surface area contributed by atoms with Crippen LogP contribution < -0.4 is 14.2 Å². The Hall–Kier alpha value is -2.97. The maximum atomic E-state index is 12.6. The van der Waals surface area contributed by atoms with Crippen molar-refractivity contribution in [3.05, 3.63) is 58.5 Å². The van der Waals surface area contributed by atoms with Crippen molar-refractivity contribution in [3.63, 3.8) is 0 Å². The van der Waals surface area contributed by atoms with Crippen LogP contribution in [0.2, 0.25) is 0 Å². The summed E-state index contributed by atoms with van der Waals surface area (Å²) in [7, 11) is 4.71. The van der Waals surface area contributed by atoms with Crippen LogP contribution in [0.1, 0.15) is 11.1 Å². The van der Waals surface area contributed by atoms with Crippen molar-refractivity contribution >= 4 is 28.9 Å². The van der Waals surface area contributed by atoms with Gasteiger partial charge in [-0.25, -0.2) is 0 Å². The summed E-state index contributed by atoms with van der Waals surface area (Å²) in [5.74, 6) is 1.40. The second kappa shape index (κ2) is 10.1. The van der Waals surface area contributed by atoms with Crippen LogP contribution in [-0.4, -0.2) is 68.4 Å². The second-order valence-corrected chi connectivity index (χ2v) is 8.53. The van der Waals surface area contributed by atoms with Crippen LogP contribution in [0, 0.1) is 0 Å². The SMILES string of the molecule is COc1cc(/C=C2/SC(N3CCN(Cc4ccccc4)CC3)=NC2=O)cc(OC)c1OC. The van der Waals surface area contributed by atoms with Gasteiger partial charge in [-0.05, 0) is 41.1 Å². The number of amides is 1. The molecule has 0 saturated carbocycles. The second-order valence-electron chi connectivity index (χ2n) is 7.52. The Kier molecular flexibility index (Phi) is 7.02. The number of hydrogen-bond acceptors (Lipinski definition) is 7. The molecule has 0 aliphatic carbocycles. The van der Waals surface area contributed by atoms with Gasteiger partial charge in [0.15, 0.2) is 16.7 Å². The highest BCUT2D eigenvalue weighted by Gasteiger charge is 2.28. The number of methoxy groups -OCH3 is 3. The highest BCUT2D eigenvalue weighted by molar-refractivity contribution is 8.18. The number of carbonyl (C=O) groups is 1. The highest BCUT2D eigenvalue weighted by atomic mass is 32.2. The van der Waals surface area contributed by atoms with Crippen LogP contribution in [0.15, 0.2) is 52.4 Å². The summed E-state index contributed by atoms with van der Waals surface area (Å²) < 4.78 is 16.2. The summed E-state index contributed by atoms with van der Waals surface area (Å²) in [6, 6.07) is 14.1. The van der Waals surface area contributed by atoms with Gasteiger partial charge >= 0.3 is 0 Å². The molecule has 2 heterocycles. The van der Waals surface area contributed by atoms with E-state index in [0.717, 1.165) is 43.5 Å². The van der Waals surface area contributed by atoms with Crippen molar-refractivity contribution in [3.8, 4) is 17.2 Å². The minimum atomic E-state index is -0.217. The number of benzene rings is 2. The Morgan fingerprint density at radius 2 is 1.62 bits per heavy atom. The smallest absolute Gasteiger partial charge is 0.286 e. The van der Waals surface area contributed by atoms with E-state index in [1.807, 2.05) is 24.3 Å². The number of carbonyl (C=O) groups excluding carboxylic acids is 1. The molecule has 0 bridgehead atoms. The molecule has 0 radical (unpaired) electrons. The normalized spacial score (nSPS) is 18.1. The predicted molar refractivity (Wildman–Crippen MR) is 127 cm³/mol. The van der Waals surface area contributed by atoms with Crippen LogP contribution in [-0.2, 0) is 11.3 Å². The first kappa shape index (κ1) is 22.2. The van der Waals surface area contributed by atoms with E-state index in [0.29, 0.717) is 22.2 Å². The molecule has 4 rings (SSSR count). The molecule has 0 atom stereocenters. The third kappa shape index (κ3) is 4.92. The van der Waals surface area contributed by atoms with Crippen LogP contribution >= 0.6 is 11.8 Å². The Balaban J connectivity index is 1.41. The maximum Gasteiger partial charge on any atom is 0.286 e. The molecule has 1 fully saturated rings. The first-order valence-corrected chi connectivity index (χ1v) is 11.3. The number of rotatable bonds is 6. The number of ether oxygens (including phenoxy) is 3. The monoisotopic (exact) mass is 453 g/mol. The van der Waals surface area contributed by atoms with Crippen LogP contribution in [0.5, 0.6) is 17.2 Å². The van der Waals surface area contributed by atoms with Gasteiger partial charge in [-0.2, -0.15) is 4.99 Å². The highest BCUT2D eigenvalue weighted by Crippen LogP contribution is 2.40. The van der Waals surface area contributed by atoms with E-state index in [1.165, 1.54) is 17.3 Å². The van der Waals surface area contributed by atoms with E-state index >= 15 is 0 Å². The number of nitrogens with zero attached hydrogens (tertiary/aromatic N) is 3. The molecular formula is C24H27N3O4S.